The van der Waals surface area contributed by atoms with Gasteiger partial charge in [0.2, 0.25) is 59.1 Å². The molecule has 0 saturated carbocycles. The Morgan fingerprint density at radius 1 is 0.690 bits per heavy atom. The molecule has 10 atom stereocenters. The summed E-state index contributed by atoms with van der Waals surface area (Å²) in [6.07, 6.45) is 0.131. The predicted molar refractivity (Wildman–Crippen MR) is 262 cm³/mol. The van der Waals surface area contributed by atoms with Crippen LogP contribution in [0.4, 0.5) is 0 Å². The maximum atomic E-state index is 14.2. The van der Waals surface area contributed by atoms with E-state index in [1.165, 1.54) is 25.8 Å². The molecule has 1 heterocycles. The number of aliphatic hydroxyl groups is 1. The fourth-order valence-corrected chi connectivity index (χ4v) is 7.57. The van der Waals surface area contributed by atoms with Gasteiger partial charge in [-0.3, -0.25) is 57.7 Å². The second kappa shape index (κ2) is 31.0. The van der Waals surface area contributed by atoms with Crippen molar-refractivity contribution in [2.75, 3.05) is 33.2 Å². The van der Waals surface area contributed by atoms with Crippen LogP contribution in [0.2, 0.25) is 0 Å². The van der Waals surface area contributed by atoms with Crippen LogP contribution in [0.3, 0.4) is 0 Å². The van der Waals surface area contributed by atoms with Crippen LogP contribution in [0.1, 0.15) is 120 Å². The summed E-state index contributed by atoms with van der Waals surface area (Å²) < 4.78 is 0. The first-order valence-electron chi connectivity index (χ1n) is 24.3. The summed E-state index contributed by atoms with van der Waals surface area (Å²) >= 11 is 0. The highest BCUT2D eigenvalue weighted by atomic mass is 16.3. The zero-order chi connectivity index (χ0) is 54.3. The first-order valence-corrected chi connectivity index (χ1v) is 24.3. The number of Topliss-reactive ketones (excluding diaryl/α,β-unsaturated/α-hetero) is 1. The topological polar surface area (TPSA) is 389 Å². The van der Waals surface area contributed by atoms with Crippen molar-refractivity contribution < 1.29 is 57.8 Å². The minimum atomic E-state index is -1.65. The first-order chi connectivity index (χ1) is 33.2. The molecule has 0 spiro atoms. The fourth-order valence-electron chi connectivity index (χ4n) is 7.57. The number of ketones is 1. The van der Waals surface area contributed by atoms with Crippen molar-refractivity contribution in [3.63, 3.8) is 0 Å². The van der Waals surface area contributed by atoms with Gasteiger partial charge in [0.15, 0.2) is 11.7 Å². The standard InChI is InChI=1S/C46H81N13O12/c1-11-16-29(40(66)55-37(25(6)12-2)42(68)53-30(17-14-19-50-46(48)49)45(71)59-20-15-18-31(59)32(62)21-33(47)63)52-44(70)39(27(8)60)57-43(69)38(26(7)13-3)56-41(67)36(24(4)5)54-34(64)22-51-35(65)23-58(10)28(9)61/h24-27,29-31,36-39,60H,11-23H2,1-10H3,(H2,47,63)(H,51,65)(H,52,70)(H,53,68)(H,54,64)(H,55,66)(H,56,67)(H,57,69)(H4,48,49,50)/t25-,26+,27+,29-,30-,31-,36-,37-,38-,39-/m0/s1. The van der Waals surface area contributed by atoms with E-state index < -0.39 is 138 Å². The maximum Gasteiger partial charge on any atom is 0.245 e. The molecule has 10 amide bonds. The van der Waals surface area contributed by atoms with Crippen molar-refractivity contribution in [3.05, 3.63) is 0 Å². The van der Waals surface area contributed by atoms with E-state index in [2.05, 4.69) is 42.2 Å². The number of guanidine groups is 1. The van der Waals surface area contributed by atoms with Crippen molar-refractivity contribution >= 4 is 70.8 Å². The number of likely N-dealkylation sites (N-methyl/N-ethyl adjacent to an activating group) is 1. The van der Waals surface area contributed by atoms with E-state index in [9.17, 15) is 57.8 Å². The SMILES string of the molecule is CCC[C@H](NC(=O)[C@@H](NC(=O)[C@@H](NC(=O)[C@@H](NC(=O)CNC(=O)CN(C)C(C)=O)C(C)C)[C@H](C)CC)[C@@H](C)O)C(=O)N[C@H](C(=O)N[C@@H](CCCN=C(N)N)C(=O)N1CCC[C@H]1C(=O)CC(N)=O)[C@@H](C)CC. The highest BCUT2D eigenvalue weighted by molar-refractivity contribution is 6.02. The molecule has 0 aromatic carbocycles. The number of hydrogen-bond acceptors (Lipinski definition) is 13. The van der Waals surface area contributed by atoms with Gasteiger partial charge in [-0.2, -0.15) is 0 Å². The number of primary amides is 1. The number of aliphatic hydroxyl groups excluding tert-OH is 1. The average Bonchev–Trinajstić information content (AvgIpc) is 3.80. The lowest BCUT2D eigenvalue weighted by atomic mass is 9.95. The van der Waals surface area contributed by atoms with Crippen LogP contribution in [-0.4, -0.2) is 167 Å². The highest BCUT2D eigenvalue weighted by Gasteiger charge is 2.40. The van der Waals surface area contributed by atoms with E-state index in [0.717, 1.165) is 4.90 Å². The number of nitrogens with zero attached hydrogens (tertiary/aromatic N) is 3. The number of rotatable bonds is 31. The van der Waals surface area contributed by atoms with Gasteiger partial charge in [-0.1, -0.05) is 67.7 Å². The van der Waals surface area contributed by atoms with E-state index in [1.807, 2.05) is 0 Å². The molecule has 14 N–H and O–H groups in total. The van der Waals surface area contributed by atoms with E-state index in [4.69, 9.17) is 17.2 Å². The van der Waals surface area contributed by atoms with Gasteiger partial charge >= 0.3 is 0 Å². The van der Waals surface area contributed by atoms with Gasteiger partial charge in [-0.15, -0.1) is 0 Å². The zero-order valence-corrected chi connectivity index (χ0v) is 43.1. The molecule has 0 unspecified atom stereocenters. The number of carbonyl (C=O) groups excluding carboxylic acids is 11. The lowest BCUT2D eigenvalue weighted by Crippen LogP contribution is -2.63. The summed E-state index contributed by atoms with van der Waals surface area (Å²) in [4.78, 5) is 151. The number of nitrogens with two attached hydrogens (primary N) is 3. The fraction of sp³-hybridized carbons (Fsp3) is 0.739. The van der Waals surface area contributed by atoms with Gasteiger partial charge in [0.25, 0.3) is 0 Å². The van der Waals surface area contributed by atoms with Crippen LogP contribution in [-0.2, 0) is 52.7 Å². The van der Waals surface area contributed by atoms with Crippen molar-refractivity contribution in [3.8, 4) is 0 Å². The molecule has 0 aliphatic carbocycles. The minimum Gasteiger partial charge on any atom is -0.391 e. The maximum absolute atomic E-state index is 14.2. The monoisotopic (exact) mass is 1010 g/mol. The molecule has 1 aliphatic heterocycles. The van der Waals surface area contributed by atoms with Gasteiger partial charge in [0.05, 0.1) is 31.7 Å². The summed E-state index contributed by atoms with van der Waals surface area (Å²) in [7, 11) is 1.42. The van der Waals surface area contributed by atoms with Crippen LogP contribution in [0.25, 0.3) is 0 Å². The quantitative estimate of drug-likeness (QED) is 0.0142. The number of nitrogens with one attached hydrogen (secondary N) is 7. The van der Waals surface area contributed by atoms with E-state index in [-0.39, 0.29) is 50.8 Å². The number of carbonyl (C=O) groups is 11. The summed E-state index contributed by atoms with van der Waals surface area (Å²) in [6.45, 7) is 14.0. The third-order valence-corrected chi connectivity index (χ3v) is 12.3. The Morgan fingerprint density at radius 3 is 1.72 bits per heavy atom. The molecule has 1 fully saturated rings. The Balaban J connectivity index is 3.32. The molecule has 71 heavy (non-hydrogen) atoms. The lowest BCUT2D eigenvalue weighted by molar-refractivity contribution is -0.142. The molecule has 0 radical (unpaired) electrons. The lowest BCUT2D eigenvalue weighted by Gasteiger charge is -2.32. The van der Waals surface area contributed by atoms with Crippen molar-refractivity contribution in [2.45, 2.75) is 168 Å². The molecular weight excluding hydrogens is 927 g/mol. The van der Waals surface area contributed by atoms with Gasteiger partial charge in [-0.05, 0) is 56.8 Å². The van der Waals surface area contributed by atoms with Crippen molar-refractivity contribution in [1.82, 2.24) is 47.0 Å². The molecule has 25 heteroatoms. The molecule has 25 nitrogen and oxygen atoms in total. The van der Waals surface area contributed by atoms with Gasteiger partial charge in [0, 0.05) is 27.1 Å². The van der Waals surface area contributed by atoms with E-state index in [1.54, 1.807) is 48.5 Å². The summed E-state index contributed by atoms with van der Waals surface area (Å²) in [5, 5.41) is 29.0. The highest BCUT2D eigenvalue weighted by Crippen LogP contribution is 2.22. The van der Waals surface area contributed by atoms with Crippen molar-refractivity contribution in [1.29, 1.82) is 0 Å². The Kier molecular flexibility index (Phi) is 27.4. The molecule has 0 aromatic rings. The molecule has 0 aromatic heterocycles. The zero-order valence-electron chi connectivity index (χ0n) is 43.1. The van der Waals surface area contributed by atoms with Crippen molar-refractivity contribution in [2.24, 2.45) is 39.9 Å². The summed E-state index contributed by atoms with van der Waals surface area (Å²) in [5.41, 5.74) is 16.2. The average molecular weight is 1010 g/mol. The Morgan fingerprint density at radius 2 is 1.21 bits per heavy atom. The Hall–Kier alpha value is -6.40. The summed E-state index contributed by atoms with van der Waals surface area (Å²) in [5.74, 6) is -9.42. The Labute approximate surface area is 416 Å². The Bertz CT molecular complexity index is 1910. The third kappa shape index (κ3) is 21.2. The largest absolute Gasteiger partial charge is 0.391 e. The van der Waals surface area contributed by atoms with Crippen LogP contribution in [0, 0.1) is 17.8 Å². The second-order valence-electron chi connectivity index (χ2n) is 18.6. The molecular formula is C46H81N13O12. The minimum absolute atomic E-state index is 0.0388. The number of hydrogen-bond donors (Lipinski definition) is 11. The van der Waals surface area contributed by atoms with Gasteiger partial charge < -0.3 is 69.3 Å². The molecule has 1 rings (SSSR count). The molecule has 402 valence electrons. The first kappa shape index (κ1) is 62.6. The van der Waals surface area contributed by atoms with Crippen LogP contribution in [0.15, 0.2) is 4.99 Å². The number of aliphatic imine (C=N–C) groups is 1. The van der Waals surface area contributed by atoms with Crippen LogP contribution in [0.5, 0.6) is 0 Å². The molecule has 1 saturated heterocycles. The third-order valence-electron chi connectivity index (χ3n) is 12.3. The van der Waals surface area contributed by atoms with Crippen LogP contribution >= 0.6 is 0 Å². The normalized spacial score (nSPS) is 17.0. The molecule has 0 bridgehead atoms. The predicted octanol–water partition coefficient (Wildman–Crippen LogP) is -3.09. The van der Waals surface area contributed by atoms with Crippen LogP contribution < -0.4 is 54.4 Å². The number of amides is 10. The summed E-state index contributed by atoms with van der Waals surface area (Å²) in [6, 6.07) is -8.75. The molecule has 1 aliphatic rings. The number of likely N-dealkylation sites (tertiary alicyclic amines) is 1. The van der Waals surface area contributed by atoms with E-state index >= 15 is 0 Å². The van der Waals surface area contributed by atoms with Gasteiger partial charge in [-0.25, -0.2) is 0 Å². The second-order valence-corrected chi connectivity index (χ2v) is 18.6. The van der Waals surface area contributed by atoms with Gasteiger partial charge in [0.1, 0.15) is 36.3 Å². The smallest absolute Gasteiger partial charge is 0.245 e. The van der Waals surface area contributed by atoms with E-state index in [0.29, 0.717) is 32.1 Å².